The van der Waals surface area contributed by atoms with Gasteiger partial charge in [-0.05, 0) is 68.0 Å². The van der Waals surface area contributed by atoms with Crippen molar-refractivity contribution in [3.8, 4) is 0 Å². The number of fused-ring (bicyclic) bond motifs is 1. The number of hydrogen-bond donors (Lipinski definition) is 2. The molecule has 2 aromatic carbocycles. The first-order valence-corrected chi connectivity index (χ1v) is 8.47. The molecule has 0 aliphatic rings. The Hall–Kier alpha value is -2.50. The van der Waals surface area contributed by atoms with Crippen molar-refractivity contribution < 1.29 is 4.79 Å². The van der Waals surface area contributed by atoms with Gasteiger partial charge in [0.15, 0.2) is 5.11 Å². The molecular formula is C19H16ClN3OS. The van der Waals surface area contributed by atoms with E-state index in [1.165, 1.54) is 0 Å². The summed E-state index contributed by atoms with van der Waals surface area (Å²) in [7, 11) is 0. The number of amides is 1. The van der Waals surface area contributed by atoms with Crippen LogP contribution in [0.5, 0.6) is 0 Å². The Balaban J connectivity index is 1.82. The molecule has 3 rings (SSSR count). The van der Waals surface area contributed by atoms with Gasteiger partial charge in [0.1, 0.15) is 0 Å². The van der Waals surface area contributed by atoms with Gasteiger partial charge in [0.25, 0.3) is 5.91 Å². The van der Waals surface area contributed by atoms with Gasteiger partial charge in [-0.2, -0.15) is 0 Å². The monoisotopic (exact) mass is 369 g/mol. The second-order valence-electron chi connectivity index (χ2n) is 5.70. The van der Waals surface area contributed by atoms with Crippen molar-refractivity contribution in [2.45, 2.75) is 13.8 Å². The van der Waals surface area contributed by atoms with Crippen molar-refractivity contribution in [1.82, 2.24) is 10.3 Å². The molecule has 4 nitrogen and oxygen atoms in total. The van der Waals surface area contributed by atoms with E-state index in [9.17, 15) is 4.79 Å². The molecule has 0 aliphatic carbocycles. The average molecular weight is 370 g/mol. The number of carbonyl (C=O) groups excluding carboxylic acids is 1. The van der Waals surface area contributed by atoms with Crippen LogP contribution in [0.2, 0.25) is 5.02 Å². The number of benzene rings is 2. The zero-order chi connectivity index (χ0) is 18.0. The number of nitrogens with zero attached hydrogens (tertiary/aromatic N) is 1. The van der Waals surface area contributed by atoms with Crippen molar-refractivity contribution in [3.63, 3.8) is 0 Å². The zero-order valence-corrected chi connectivity index (χ0v) is 15.3. The first kappa shape index (κ1) is 17.3. The van der Waals surface area contributed by atoms with Gasteiger partial charge in [0, 0.05) is 21.7 Å². The number of nitrogens with one attached hydrogen (secondary N) is 2. The lowest BCUT2D eigenvalue weighted by Gasteiger charge is -2.14. The molecule has 0 unspecified atom stereocenters. The lowest BCUT2D eigenvalue weighted by Crippen LogP contribution is -2.34. The van der Waals surface area contributed by atoms with Crippen LogP contribution in [-0.4, -0.2) is 16.0 Å². The predicted molar refractivity (Wildman–Crippen MR) is 106 cm³/mol. The highest BCUT2D eigenvalue weighted by Gasteiger charge is 2.11. The Morgan fingerprint density at radius 3 is 2.68 bits per heavy atom. The van der Waals surface area contributed by atoms with Crippen LogP contribution in [-0.2, 0) is 0 Å². The molecule has 2 N–H and O–H groups in total. The maximum Gasteiger partial charge on any atom is 0.257 e. The molecule has 0 saturated carbocycles. The zero-order valence-electron chi connectivity index (χ0n) is 13.8. The summed E-state index contributed by atoms with van der Waals surface area (Å²) in [4.78, 5) is 16.8. The number of aryl methyl sites for hydroxylation is 2. The molecule has 0 fully saturated rings. The van der Waals surface area contributed by atoms with Gasteiger partial charge < -0.3 is 5.32 Å². The summed E-state index contributed by atoms with van der Waals surface area (Å²) in [6.45, 7) is 3.92. The van der Waals surface area contributed by atoms with Gasteiger partial charge in [-0.1, -0.05) is 23.7 Å². The lowest BCUT2D eigenvalue weighted by atomic mass is 10.1. The van der Waals surface area contributed by atoms with Gasteiger partial charge >= 0.3 is 0 Å². The number of thiocarbonyl (C=S) groups is 1. The highest BCUT2D eigenvalue weighted by Crippen LogP contribution is 2.26. The molecule has 1 heterocycles. The number of aromatic nitrogens is 1. The molecule has 0 radical (unpaired) electrons. The Morgan fingerprint density at radius 1 is 1.12 bits per heavy atom. The second-order valence-corrected chi connectivity index (χ2v) is 6.54. The van der Waals surface area contributed by atoms with Gasteiger partial charge in [-0.15, -0.1) is 0 Å². The molecule has 3 aromatic rings. The van der Waals surface area contributed by atoms with Crippen LogP contribution in [0.1, 0.15) is 21.6 Å². The summed E-state index contributed by atoms with van der Waals surface area (Å²) in [5, 5.41) is 7.46. The fraction of sp³-hybridized carbons (Fsp3) is 0.105. The molecular weight excluding hydrogens is 354 g/mol. The van der Waals surface area contributed by atoms with E-state index in [0.29, 0.717) is 10.6 Å². The summed E-state index contributed by atoms with van der Waals surface area (Å²) in [6, 6.07) is 14.6. The number of pyridine rings is 1. The topological polar surface area (TPSA) is 54.0 Å². The molecule has 6 heteroatoms. The number of rotatable bonds is 2. The summed E-state index contributed by atoms with van der Waals surface area (Å²) in [5.41, 5.74) is 4.11. The van der Waals surface area contributed by atoms with Crippen LogP contribution >= 0.6 is 23.8 Å². The van der Waals surface area contributed by atoms with Gasteiger partial charge in [-0.3, -0.25) is 15.1 Å². The quantitative estimate of drug-likeness (QED) is 0.646. The van der Waals surface area contributed by atoms with E-state index in [1.807, 2.05) is 38.1 Å². The lowest BCUT2D eigenvalue weighted by molar-refractivity contribution is 0.0977. The molecule has 1 aromatic heterocycles. The van der Waals surface area contributed by atoms with E-state index in [0.717, 1.165) is 27.8 Å². The molecule has 0 aliphatic heterocycles. The normalized spacial score (nSPS) is 10.5. The maximum absolute atomic E-state index is 12.3. The second kappa shape index (κ2) is 7.17. The Morgan fingerprint density at radius 2 is 1.92 bits per heavy atom. The predicted octanol–water partition coefficient (Wildman–Crippen LogP) is 4.63. The molecule has 0 saturated heterocycles. The van der Waals surface area contributed by atoms with Crippen molar-refractivity contribution in [1.29, 1.82) is 0 Å². The van der Waals surface area contributed by atoms with Crippen LogP contribution in [0.3, 0.4) is 0 Å². The van der Waals surface area contributed by atoms with E-state index in [4.69, 9.17) is 23.8 Å². The fourth-order valence-corrected chi connectivity index (χ4v) is 2.92. The van der Waals surface area contributed by atoms with Crippen molar-refractivity contribution in [2.75, 3.05) is 5.32 Å². The van der Waals surface area contributed by atoms with Gasteiger partial charge in [-0.25, -0.2) is 0 Å². The fourth-order valence-electron chi connectivity index (χ4n) is 2.53. The van der Waals surface area contributed by atoms with Crippen LogP contribution in [0.4, 0.5) is 5.69 Å². The van der Waals surface area contributed by atoms with Crippen LogP contribution in [0.25, 0.3) is 10.9 Å². The SMILES string of the molecule is Cc1ccc2c(NC(=S)NC(=O)c3cccc(Cl)c3)c(C)ccc2n1. The summed E-state index contributed by atoms with van der Waals surface area (Å²) >= 11 is 11.2. The molecule has 126 valence electrons. The van der Waals surface area contributed by atoms with Gasteiger partial charge in [0.2, 0.25) is 0 Å². The van der Waals surface area contributed by atoms with E-state index in [-0.39, 0.29) is 11.0 Å². The molecule has 0 atom stereocenters. The average Bonchev–Trinajstić information content (AvgIpc) is 2.57. The minimum absolute atomic E-state index is 0.223. The summed E-state index contributed by atoms with van der Waals surface area (Å²) < 4.78 is 0. The smallest absolute Gasteiger partial charge is 0.257 e. The molecule has 1 amide bonds. The van der Waals surface area contributed by atoms with E-state index >= 15 is 0 Å². The van der Waals surface area contributed by atoms with Crippen molar-refractivity contribution in [3.05, 3.63) is 70.4 Å². The number of hydrogen-bond acceptors (Lipinski definition) is 3. The number of anilines is 1. The first-order valence-electron chi connectivity index (χ1n) is 7.69. The minimum Gasteiger partial charge on any atom is -0.332 e. The Kier molecular flexibility index (Phi) is 4.97. The highest BCUT2D eigenvalue weighted by atomic mass is 35.5. The van der Waals surface area contributed by atoms with Crippen molar-refractivity contribution >= 4 is 51.4 Å². The van der Waals surface area contributed by atoms with Crippen LogP contribution < -0.4 is 10.6 Å². The molecule has 0 bridgehead atoms. The van der Waals surface area contributed by atoms with Crippen LogP contribution in [0, 0.1) is 13.8 Å². The van der Waals surface area contributed by atoms with Crippen LogP contribution in [0.15, 0.2) is 48.5 Å². The van der Waals surface area contributed by atoms with E-state index in [2.05, 4.69) is 15.6 Å². The third-order valence-electron chi connectivity index (χ3n) is 3.77. The van der Waals surface area contributed by atoms with Crippen molar-refractivity contribution in [2.24, 2.45) is 0 Å². The standard InChI is InChI=1S/C19H16ClN3OS/c1-11-6-9-16-15(8-7-12(2)21-16)17(11)22-19(25)23-18(24)13-4-3-5-14(20)10-13/h3-10H,1-2H3,(H2,22,23,24,25). The first-order chi connectivity index (χ1) is 11.9. The number of halogens is 1. The minimum atomic E-state index is -0.313. The van der Waals surface area contributed by atoms with Gasteiger partial charge in [0.05, 0.1) is 11.2 Å². The maximum atomic E-state index is 12.3. The Labute approximate surface area is 156 Å². The largest absolute Gasteiger partial charge is 0.332 e. The molecule has 0 spiro atoms. The third kappa shape index (κ3) is 3.95. The third-order valence-corrected chi connectivity index (χ3v) is 4.21. The summed E-state index contributed by atoms with van der Waals surface area (Å²) in [5.74, 6) is -0.313. The highest BCUT2D eigenvalue weighted by molar-refractivity contribution is 7.80. The Bertz CT molecular complexity index is 988. The van der Waals surface area contributed by atoms with E-state index < -0.39 is 0 Å². The van der Waals surface area contributed by atoms with E-state index in [1.54, 1.807) is 24.3 Å². The number of carbonyl (C=O) groups is 1. The summed E-state index contributed by atoms with van der Waals surface area (Å²) in [6.07, 6.45) is 0. The molecule has 25 heavy (non-hydrogen) atoms.